The summed E-state index contributed by atoms with van der Waals surface area (Å²) in [5.41, 5.74) is 3.84. The fourth-order valence-electron chi connectivity index (χ4n) is 4.39. The van der Waals surface area contributed by atoms with Crippen LogP contribution in [-0.4, -0.2) is 37.0 Å². The van der Waals surface area contributed by atoms with Crippen LogP contribution in [0.2, 0.25) is 0 Å². The van der Waals surface area contributed by atoms with Gasteiger partial charge in [-0.3, -0.25) is 9.78 Å². The number of hydrogen-bond donors (Lipinski definition) is 2. The molecule has 7 nitrogen and oxygen atoms in total. The minimum absolute atomic E-state index is 0.0585. The lowest BCUT2D eigenvalue weighted by atomic mass is 10.0. The first-order valence-corrected chi connectivity index (χ1v) is 11.9. The second-order valence-electron chi connectivity index (χ2n) is 8.48. The van der Waals surface area contributed by atoms with E-state index >= 15 is 0 Å². The SMILES string of the molecule is Cc1ccc(NC(=O)CCN2C(=S)N[C@H](c3ccccn3)[C@@H]2c2cccn2-c2ccccn2)cc1. The monoisotopic (exact) mass is 482 g/mol. The molecule has 1 aliphatic rings. The fraction of sp³-hybridized carbons (Fsp3) is 0.185. The van der Waals surface area contributed by atoms with Crippen LogP contribution in [-0.2, 0) is 4.79 Å². The van der Waals surface area contributed by atoms with E-state index in [1.165, 1.54) is 0 Å². The molecule has 0 aliphatic carbocycles. The maximum absolute atomic E-state index is 12.8. The third-order valence-electron chi connectivity index (χ3n) is 6.09. The summed E-state index contributed by atoms with van der Waals surface area (Å²) >= 11 is 5.76. The summed E-state index contributed by atoms with van der Waals surface area (Å²) in [5.74, 6) is 0.763. The number of benzene rings is 1. The number of anilines is 1. The molecule has 4 aromatic rings. The molecule has 1 aromatic carbocycles. The predicted molar refractivity (Wildman–Crippen MR) is 140 cm³/mol. The molecule has 1 amide bonds. The van der Waals surface area contributed by atoms with Crippen LogP contribution in [0.25, 0.3) is 5.82 Å². The lowest BCUT2D eigenvalue weighted by molar-refractivity contribution is -0.116. The zero-order chi connectivity index (χ0) is 24.2. The molecule has 3 aromatic heterocycles. The van der Waals surface area contributed by atoms with Gasteiger partial charge in [-0.2, -0.15) is 0 Å². The van der Waals surface area contributed by atoms with Crippen LogP contribution in [0.5, 0.6) is 0 Å². The molecule has 4 heterocycles. The summed E-state index contributed by atoms with van der Waals surface area (Å²) in [6, 6.07) is 23.2. The molecule has 0 unspecified atom stereocenters. The van der Waals surface area contributed by atoms with Crippen molar-refractivity contribution in [3.05, 3.63) is 108 Å². The van der Waals surface area contributed by atoms with Gasteiger partial charge in [0.15, 0.2) is 5.11 Å². The third kappa shape index (κ3) is 4.93. The van der Waals surface area contributed by atoms with Crippen LogP contribution in [0.3, 0.4) is 0 Å². The van der Waals surface area contributed by atoms with Gasteiger partial charge in [-0.25, -0.2) is 4.98 Å². The smallest absolute Gasteiger partial charge is 0.226 e. The van der Waals surface area contributed by atoms with Crippen molar-refractivity contribution in [3.8, 4) is 5.82 Å². The van der Waals surface area contributed by atoms with Crippen LogP contribution in [0.1, 0.15) is 35.5 Å². The average molecular weight is 483 g/mol. The van der Waals surface area contributed by atoms with E-state index in [1.807, 2.05) is 79.9 Å². The Hall–Kier alpha value is -4.04. The van der Waals surface area contributed by atoms with E-state index in [1.54, 1.807) is 12.4 Å². The lowest BCUT2D eigenvalue weighted by Gasteiger charge is -2.28. The van der Waals surface area contributed by atoms with Gasteiger partial charge in [-0.15, -0.1) is 0 Å². The number of thiocarbonyl (C=S) groups is 1. The number of pyridine rings is 2. The zero-order valence-corrected chi connectivity index (χ0v) is 20.2. The van der Waals surface area contributed by atoms with Gasteiger partial charge in [0, 0.05) is 42.9 Å². The summed E-state index contributed by atoms with van der Waals surface area (Å²) in [7, 11) is 0. The molecule has 1 saturated heterocycles. The highest BCUT2D eigenvalue weighted by molar-refractivity contribution is 7.80. The predicted octanol–water partition coefficient (Wildman–Crippen LogP) is 4.58. The Morgan fingerprint density at radius 2 is 1.77 bits per heavy atom. The maximum atomic E-state index is 12.8. The number of carbonyl (C=O) groups is 1. The highest BCUT2D eigenvalue weighted by Gasteiger charge is 2.41. The number of amides is 1. The van der Waals surface area contributed by atoms with Gasteiger partial charge in [-0.05, 0) is 67.7 Å². The van der Waals surface area contributed by atoms with Crippen molar-refractivity contribution in [2.75, 3.05) is 11.9 Å². The number of carbonyl (C=O) groups excluding carboxylic acids is 1. The van der Waals surface area contributed by atoms with Crippen molar-refractivity contribution < 1.29 is 4.79 Å². The van der Waals surface area contributed by atoms with E-state index in [0.29, 0.717) is 18.1 Å². The second-order valence-corrected chi connectivity index (χ2v) is 8.86. The molecule has 5 rings (SSSR count). The van der Waals surface area contributed by atoms with Crippen LogP contribution in [0, 0.1) is 6.92 Å². The molecule has 176 valence electrons. The van der Waals surface area contributed by atoms with Gasteiger partial charge < -0.3 is 20.1 Å². The molecule has 2 N–H and O–H groups in total. The van der Waals surface area contributed by atoms with Gasteiger partial charge >= 0.3 is 0 Å². The first-order valence-electron chi connectivity index (χ1n) is 11.5. The van der Waals surface area contributed by atoms with Gasteiger partial charge in [0.2, 0.25) is 5.91 Å². The van der Waals surface area contributed by atoms with E-state index in [9.17, 15) is 4.79 Å². The fourth-order valence-corrected chi connectivity index (χ4v) is 4.72. The van der Waals surface area contributed by atoms with E-state index in [2.05, 4.69) is 36.1 Å². The molecule has 0 radical (unpaired) electrons. The number of nitrogens with one attached hydrogen (secondary N) is 2. The van der Waals surface area contributed by atoms with Gasteiger partial charge in [0.05, 0.1) is 17.8 Å². The molecular formula is C27H26N6OS. The largest absolute Gasteiger partial charge is 0.352 e. The molecule has 35 heavy (non-hydrogen) atoms. The topological polar surface area (TPSA) is 75.1 Å². The summed E-state index contributed by atoms with van der Waals surface area (Å²) in [5, 5.41) is 7.03. The minimum Gasteiger partial charge on any atom is -0.352 e. The number of aromatic nitrogens is 3. The van der Waals surface area contributed by atoms with E-state index in [4.69, 9.17) is 12.2 Å². The quantitative estimate of drug-likeness (QED) is 0.376. The van der Waals surface area contributed by atoms with Crippen molar-refractivity contribution >= 4 is 28.9 Å². The van der Waals surface area contributed by atoms with Crippen molar-refractivity contribution in [1.82, 2.24) is 24.8 Å². The Morgan fingerprint density at radius 3 is 2.49 bits per heavy atom. The van der Waals surface area contributed by atoms with E-state index in [0.717, 1.165) is 28.5 Å². The Morgan fingerprint density at radius 1 is 1.00 bits per heavy atom. The first-order chi connectivity index (χ1) is 17.1. The molecule has 0 spiro atoms. The Labute approximate surface area is 209 Å². The summed E-state index contributed by atoms with van der Waals surface area (Å²) in [4.78, 5) is 24.0. The highest BCUT2D eigenvalue weighted by atomic mass is 32.1. The van der Waals surface area contributed by atoms with E-state index < -0.39 is 0 Å². The van der Waals surface area contributed by atoms with Crippen molar-refractivity contribution in [3.63, 3.8) is 0 Å². The normalized spacial score (nSPS) is 17.3. The molecule has 0 bridgehead atoms. The van der Waals surface area contributed by atoms with Crippen LogP contribution in [0.15, 0.2) is 91.4 Å². The van der Waals surface area contributed by atoms with Gasteiger partial charge in [0.25, 0.3) is 0 Å². The Balaban J connectivity index is 1.42. The third-order valence-corrected chi connectivity index (χ3v) is 6.44. The molecule has 1 fully saturated rings. The molecule has 0 saturated carbocycles. The number of hydrogen-bond acceptors (Lipinski definition) is 4. The van der Waals surface area contributed by atoms with Crippen molar-refractivity contribution in [1.29, 1.82) is 0 Å². The molecule has 2 atom stereocenters. The summed E-state index contributed by atoms with van der Waals surface area (Å²) in [6.07, 6.45) is 5.86. The van der Waals surface area contributed by atoms with Crippen LogP contribution < -0.4 is 10.6 Å². The van der Waals surface area contributed by atoms with Crippen molar-refractivity contribution in [2.45, 2.75) is 25.4 Å². The highest BCUT2D eigenvalue weighted by Crippen LogP contribution is 2.39. The van der Waals surface area contributed by atoms with Crippen molar-refractivity contribution in [2.24, 2.45) is 0 Å². The van der Waals surface area contributed by atoms with Crippen LogP contribution >= 0.6 is 12.2 Å². The molecular weight excluding hydrogens is 456 g/mol. The zero-order valence-electron chi connectivity index (χ0n) is 19.3. The lowest BCUT2D eigenvalue weighted by Crippen LogP contribution is -2.33. The number of aryl methyl sites for hydroxylation is 1. The van der Waals surface area contributed by atoms with E-state index in [-0.39, 0.29) is 18.0 Å². The maximum Gasteiger partial charge on any atom is 0.226 e. The first kappa shape index (κ1) is 22.7. The van der Waals surface area contributed by atoms with Crippen LogP contribution in [0.4, 0.5) is 5.69 Å². The second kappa shape index (κ2) is 10.1. The number of nitrogens with zero attached hydrogens (tertiary/aromatic N) is 4. The average Bonchev–Trinajstić information content (AvgIpc) is 3.49. The summed E-state index contributed by atoms with van der Waals surface area (Å²) in [6.45, 7) is 2.48. The Kier molecular flexibility index (Phi) is 6.54. The van der Waals surface area contributed by atoms with Gasteiger partial charge in [0.1, 0.15) is 5.82 Å². The number of rotatable bonds is 7. The molecule has 1 aliphatic heterocycles. The standard InChI is InChI=1S/C27H26N6OS/c1-19-10-12-20(13-11-19)30-24(34)14-18-33-26(25(31-27(33)35)21-7-2-4-15-28-21)22-8-6-17-32(22)23-9-3-5-16-29-23/h2-13,15-17,25-26H,14,18H2,1H3,(H,30,34)(H,31,35)/t25-,26+/m1/s1. The minimum atomic E-state index is -0.166. The van der Waals surface area contributed by atoms with Gasteiger partial charge in [-0.1, -0.05) is 29.8 Å². The summed E-state index contributed by atoms with van der Waals surface area (Å²) < 4.78 is 2.07. The Bertz CT molecular complexity index is 1310. The molecule has 8 heteroatoms.